The van der Waals surface area contributed by atoms with Crippen LogP contribution in [0.5, 0.6) is 5.75 Å². The van der Waals surface area contributed by atoms with E-state index >= 15 is 0 Å². The summed E-state index contributed by atoms with van der Waals surface area (Å²) in [5.74, 6) is 0.630. The number of hydrogen-bond donors (Lipinski definition) is 2. The maximum atomic E-state index is 12.5. The third-order valence-corrected chi connectivity index (χ3v) is 6.01. The lowest BCUT2D eigenvalue weighted by molar-refractivity contribution is 0.338. The van der Waals surface area contributed by atoms with Crippen molar-refractivity contribution in [2.45, 2.75) is 43.0 Å². The summed E-state index contributed by atoms with van der Waals surface area (Å²) in [7, 11) is -3.58. The number of hydrogen-bond acceptors (Lipinski definition) is 4. The van der Waals surface area contributed by atoms with Gasteiger partial charge in [-0.2, -0.15) is 0 Å². The maximum absolute atomic E-state index is 12.5. The molecular weight excluding hydrogens is 356 g/mol. The van der Waals surface area contributed by atoms with Gasteiger partial charge in [0.2, 0.25) is 10.0 Å². The van der Waals surface area contributed by atoms with Crippen LogP contribution in [0.15, 0.2) is 27.6 Å². The molecule has 1 fully saturated rings. The zero-order valence-corrected chi connectivity index (χ0v) is 14.5. The molecule has 1 aliphatic rings. The molecule has 0 aromatic heterocycles. The Morgan fingerprint density at radius 1 is 1.38 bits per heavy atom. The van der Waals surface area contributed by atoms with Gasteiger partial charge < -0.3 is 10.5 Å². The molecule has 0 heterocycles. The van der Waals surface area contributed by atoms with Crippen LogP contribution >= 0.6 is 15.9 Å². The molecule has 5 nitrogen and oxygen atoms in total. The van der Waals surface area contributed by atoms with Gasteiger partial charge in [-0.05, 0) is 53.9 Å². The SMILES string of the molecule is CCOc1ccc(S(=O)(=O)NC2(CN)CCCC2)cc1Br. The van der Waals surface area contributed by atoms with E-state index in [0.717, 1.165) is 25.7 Å². The maximum Gasteiger partial charge on any atom is 0.241 e. The molecule has 0 bridgehead atoms. The topological polar surface area (TPSA) is 81.4 Å². The highest BCUT2D eigenvalue weighted by Crippen LogP contribution is 2.32. The Morgan fingerprint density at radius 3 is 2.57 bits per heavy atom. The number of sulfonamides is 1. The van der Waals surface area contributed by atoms with E-state index in [-0.39, 0.29) is 4.90 Å². The molecule has 1 aromatic rings. The van der Waals surface area contributed by atoms with Crippen LogP contribution in [0.2, 0.25) is 0 Å². The molecule has 0 aliphatic heterocycles. The number of benzene rings is 1. The number of ether oxygens (including phenoxy) is 1. The highest BCUT2D eigenvalue weighted by atomic mass is 79.9. The highest BCUT2D eigenvalue weighted by molar-refractivity contribution is 9.10. The van der Waals surface area contributed by atoms with E-state index in [1.807, 2.05) is 6.92 Å². The molecule has 1 saturated carbocycles. The van der Waals surface area contributed by atoms with Crippen molar-refractivity contribution in [2.24, 2.45) is 5.73 Å². The predicted octanol–water partition coefficient (Wildman–Crippen LogP) is 2.40. The van der Waals surface area contributed by atoms with Crippen molar-refractivity contribution in [3.05, 3.63) is 22.7 Å². The Labute approximate surface area is 134 Å². The fraction of sp³-hybridized carbons (Fsp3) is 0.571. The van der Waals surface area contributed by atoms with Crippen molar-refractivity contribution < 1.29 is 13.2 Å². The second kappa shape index (κ2) is 6.64. The zero-order valence-electron chi connectivity index (χ0n) is 12.1. The first-order valence-corrected chi connectivity index (χ1v) is 9.36. The molecule has 0 unspecified atom stereocenters. The van der Waals surface area contributed by atoms with Gasteiger partial charge in [0, 0.05) is 12.1 Å². The van der Waals surface area contributed by atoms with Crippen LogP contribution in [0.25, 0.3) is 0 Å². The lowest BCUT2D eigenvalue weighted by Crippen LogP contribution is -2.51. The van der Waals surface area contributed by atoms with Crippen molar-refractivity contribution in [2.75, 3.05) is 13.2 Å². The van der Waals surface area contributed by atoms with Gasteiger partial charge in [0.05, 0.1) is 16.0 Å². The minimum Gasteiger partial charge on any atom is -0.493 e. The summed E-state index contributed by atoms with van der Waals surface area (Å²) in [6.07, 6.45) is 3.60. The second-order valence-electron chi connectivity index (χ2n) is 5.32. The lowest BCUT2D eigenvalue weighted by Gasteiger charge is -2.28. The lowest BCUT2D eigenvalue weighted by atomic mass is 10.0. The van der Waals surface area contributed by atoms with E-state index in [1.165, 1.54) is 0 Å². The molecule has 2 rings (SSSR count). The van der Waals surface area contributed by atoms with E-state index in [9.17, 15) is 8.42 Å². The average molecular weight is 377 g/mol. The van der Waals surface area contributed by atoms with Gasteiger partial charge >= 0.3 is 0 Å². The van der Waals surface area contributed by atoms with Crippen LogP contribution in [-0.2, 0) is 10.0 Å². The van der Waals surface area contributed by atoms with E-state index < -0.39 is 15.6 Å². The summed E-state index contributed by atoms with van der Waals surface area (Å²) < 4.78 is 33.9. The summed E-state index contributed by atoms with van der Waals surface area (Å²) in [5.41, 5.74) is 5.30. The smallest absolute Gasteiger partial charge is 0.241 e. The third-order valence-electron chi connectivity index (χ3n) is 3.82. The van der Waals surface area contributed by atoms with Crippen molar-refractivity contribution in [3.63, 3.8) is 0 Å². The molecule has 0 saturated heterocycles. The van der Waals surface area contributed by atoms with Crippen molar-refractivity contribution in [3.8, 4) is 5.75 Å². The van der Waals surface area contributed by atoms with Crippen LogP contribution in [0.1, 0.15) is 32.6 Å². The van der Waals surface area contributed by atoms with Gasteiger partial charge in [0.25, 0.3) is 0 Å². The summed E-state index contributed by atoms with van der Waals surface area (Å²) in [6.45, 7) is 2.73. The minimum absolute atomic E-state index is 0.220. The minimum atomic E-state index is -3.58. The Hall–Kier alpha value is -0.630. The fourth-order valence-electron chi connectivity index (χ4n) is 2.66. The fourth-order valence-corrected chi connectivity index (χ4v) is 4.81. The van der Waals surface area contributed by atoms with Crippen LogP contribution in [-0.4, -0.2) is 27.1 Å². The van der Waals surface area contributed by atoms with Crippen LogP contribution in [0.3, 0.4) is 0 Å². The summed E-state index contributed by atoms with van der Waals surface area (Å²) in [5, 5.41) is 0. The Morgan fingerprint density at radius 2 is 2.05 bits per heavy atom. The molecule has 21 heavy (non-hydrogen) atoms. The van der Waals surface area contributed by atoms with E-state index in [0.29, 0.717) is 23.4 Å². The van der Waals surface area contributed by atoms with Crippen LogP contribution in [0.4, 0.5) is 0 Å². The van der Waals surface area contributed by atoms with E-state index in [2.05, 4.69) is 20.7 Å². The quantitative estimate of drug-likeness (QED) is 0.798. The van der Waals surface area contributed by atoms with Gasteiger partial charge in [-0.25, -0.2) is 13.1 Å². The number of rotatable bonds is 6. The molecule has 3 N–H and O–H groups in total. The Balaban J connectivity index is 2.25. The summed E-state index contributed by atoms with van der Waals surface area (Å²) in [6, 6.07) is 4.77. The largest absolute Gasteiger partial charge is 0.493 e. The standard InChI is InChI=1S/C14H21BrN2O3S/c1-2-20-13-6-5-11(9-12(13)15)21(18,19)17-14(10-16)7-3-4-8-14/h5-6,9,17H,2-4,7-8,10,16H2,1H3. The van der Waals surface area contributed by atoms with Gasteiger partial charge in [-0.1, -0.05) is 12.8 Å². The van der Waals surface area contributed by atoms with Gasteiger partial charge in [0.15, 0.2) is 0 Å². The molecule has 1 aromatic carbocycles. The van der Waals surface area contributed by atoms with Gasteiger partial charge in [-0.3, -0.25) is 0 Å². The second-order valence-corrected chi connectivity index (χ2v) is 7.86. The summed E-state index contributed by atoms with van der Waals surface area (Å²) in [4.78, 5) is 0.220. The van der Waals surface area contributed by atoms with Crippen LogP contribution in [0, 0.1) is 0 Å². The first-order chi connectivity index (χ1) is 9.92. The predicted molar refractivity (Wildman–Crippen MR) is 85.9 cm³/mol. The average Bonchev–Trinajstić information content (AvgIpc) is 2.89. The monoisotopic (exact) mass is 376 g/mol. The molecular formula is C14H21BrN2O3S. The Bertz CT molecular complexity index is 598. The zero-order chi connectivity index (χ0) is 15.5. The third kappa shape index (κ3) is 3.77. The molecule has 1 aliphatic carbocycles. The highest BCUT2D eigenvalue weighted by Gasteiger charge is 2.36. The first kappa shape index (κ1) is 16.7. The molecule has 0 amide bonds. The first-order valence-electron chi connectivity index (χ1n) is 7.09. The molecule has 0 radical (unpaired) electrons. The van der Waals surface area contributed by atoms with Gasteiger partial charge in [0.1, 0.15) is 5.75 Å². The molecule has 118 valence electrons. The molecule has 7 heteroatoms. The van der Waals surface area contributed by atoms with Gasteiger partial charge in [-0.15, -0.1) is 0 Å². The number of nitrogens with two attached hydrogens (primary N) is 1. The summed E-state index contributed by atoms with van der Waals surface area (Å²) >= 11 is 3.34. The van der Waals surface area contributed by atoms with Crippen molar-refractivity contribution >= 4 is 26.0 Å². The van der Waals surface area contributed by atoms with Crippen molar-refractivity contribution in [1.29, 1.82) is 0 Å². The molecule has 0 spiro atoms. The number of halogens is 1. The van der Waals surface area contributed by atoms with E-state index in [1.54, 1.807) is 18.2 Å². The van der Waals surface area contributed by atoms with Crippen LogP contribution < -0.4 is 15.2 Å². The Kier molecular flexibility index (Phi) is 5.29. The van der Waals surface area contributed by atoms with E-state index in [4.69, 9.17) is 10.5 Å². The van der Waals surface area contributed by atoms with Crippen molar-refractivity contribution in [1.82, 2.24) is 4.72 Å². The normalized spacial score (nSPS) is 17.9. The number of nitrogens with one attached hydrogen (secondary N) is 1. The molecule has 0 atom stereocenters.